The second-order valence-corrected chi connectivity index (χ2v) is 5.25. The molecule has 1 saturated heterocycles. The molecule has 1 aromatic carbocycles. The van der Waals surface area contributed by atoms with E-state index in [9.17, 15) is 4.79 Å². The summed E-state index contributed by atoms with van der Waals surface area (Å²) in [4.78, 5) is 12.1. The van der Waals surface area contributed by atoms with Gasteiger partial charge in [0.2, 0.25) is 5.91 Å². The average molecular weight is 329 g/mol. The maximum absolute atomic E-state index is 12.1. The van der Waals surface area contributed by atoms with Gasteiger partial charge in [-0.1, -0.05) is 40.8 Å². The van der Waals surface area contributed by atoms with Gasteiger partial charge >= 0.3 is 0 Å². The lowest BCUT2D eigenvalue weighted by atomic mass is 9.80. The zero-order valence-electron chi connectivity index (χ0n) is 8.70. The molecule has 2 aliphatic heterocycles. The zero-order chi connectivity index (χ0) is 11.2. The summed E-state index contributed by atoms with van der Waals surface area (Å²) in [5.41, 5.74) is 1.63. The lowest BCUT2D eigenvalue weighted by molar-refractivity contribution is -0.120. The van der Waals surface area contributed by atoms with E-state index in [-0.39, 0.29) is 12.0 Å². The molecule has 0 saturated carbocycles. The largest absolute Gasteiger partial charge is 0.376 e. The third kappa shape index (κ3) is 1.32. The SMILES string of the molecule is O=C1Nc2ccccc2C12COC(CI)C2. The minimum atomic E-state index is -0.424. The number of fused-ring (bicyclic) bond motifs is 2. The number of nitrogens with one attached hydrogen (secondary N) is 1. The molecule has 4 heteroatoms. The number of anilines is 1. The molecule has 0 radical (unpaired) electrons. The molecule has 1 N–H and O–H groups in total. The first-order valence-corrected chi connectivity index (χ1v) is 6.87. The van der Waals surface area contributed by atoms with Crippen LogP contribution in [0.2, 0.25) is 0 Å². The van der Waals surface area contributed by atoms with Crippen LogP contribution in [0.25, 0.3) is 0 Å². The predicted octanol–water partition coefficient (Wildman–Crippen LogP) is 2.10. The Morgan fingerprint density at radius 1 is 1.50 bits per heavy atom. The summed E-state index contributed by atoms with van der Waals surface area (Å²) in [7, 11) is 0. The summed E-state index contributed by atoms with van der Waals surface area (Å²) < 4.78 is 6.64. The minimum absolute atomic E-state index is 0.0982. The third-order valence-electron chi connectivity index (χ3n) is 3.44. The van der Waals surface area contributed by atoms with E-state index in [2.05, 4.69) is 27.9 Å². The van der Waals surface area contributed by atoms with Crippen LogP contribution in [0.1, 0.15) is 12.0 Å². The second kappa shape index (κ2) is 3.70. The van der Waals surface area contributed by atoms with Crippen molar-refractivity contribution < 1.29 is 9.53 Å². The van der Waals surface area contributed by atoms with E-state index in [1.165, 1.54) is 0 Å². The Bertz CT molecular complexity index is 448. The summed E-state index contributed by atoms with van der Waals surface area (Å²) in [6.07, 6.45) is 1.01. The van der Waals surface area contributed by atoms with Crippen molar-refractivity contribution in [2.75, 3.05) is 16.4 Å². The van der Waals surface area contributed by atoms with Crippen molar-refractivity contribution in [3.63, 3.8) is 0 Å². The number of carbonyl (C=O) groups excluding carboxylic acids is 1. The van der Waals surface area contributed by atoms with Crippen molar-refractivity contribution in [1.29, 1.82) is 0 Å². The predicted molar refractivity (Wildman–Crippen MR) is 70.0 cm³/mol. The molecule has 1 spiro atoms. The van der Waals surface area contributed by atoms with Gasteiger partial charge in [-0.05, 0) is 18.1 Å². The molecule has 1 fully saturated rings. The molecule has 16 heavy (non-hydrogen) atoms. The summed E-state index contributed by atoms with van der Waals surface area (Å²) in [5, 5.41) is 2.95. The quantitative estimate of drug-likeness (QED) is 0.633. The fourth-order valence-electron chi connectivity index (χ4n) is 2.59. The Balaban J connectivity index is 2.05. The molecule has 0 aromatic heterocycles. The van der Waals surface area contributed by atoms with Gasteiger partial charge in [0.1, 0.15) is 5.41 Å². The van der Waals surface area contributed by atoms with Crippen LogP contribution in [0.4, 0.5) is 5.69 Å². The number of alkyl halides is 1. The molecular formula is C12H12INO2. The molecule has 84 valence electrons. The summed E-state index contributed by atoms with van der Waals surface area (Å²) in [5.74, 6) is 0.0982. The second-order valence-electron chi connectivity index (χ2n) is 4.37. The highest BCUT2D eigenvalue weighted by Crippen LogP contribution is 2.45. The number of hydrogen-bond donors (Lipinski definition) is 1. The van der Waals surface area contributed by atoms with E-state index >= 15 is 0 Å². The molecule has 3 nitrogen and oxygen atoms in total. The first-order chi connectivity index (χ1) is 7.76. The molecule has 0 aliphatic carbocycles. The summed E-state index contributed by atoms with van der Waals surface area (Å²) >= 11 is 2.31. The normalized spacial score (nSPS) is 31.8. The third-order valence-corrected chi connectivity index (χ3v) is 4.42. The van der Waals surface area contributed by atoms with Crippen molar-refractivity contribution in [1.82, 2.24) is 0 Å². The topological polar surface area (TPSA) is 38.3 Å². The Hall–Kier alpha value is -0.620. The number of carbonyl (C=O) groups is 1. The molecule has 2 unspecified atom stereocenters. The van der Waals surface area contributed by atoms with Gasteiger partial charge in [0.05, 0.1) is 12.7 Å². The Morgan fingerprint density at radius 3 is 3.06 bits per heavy atom. The van der Waals surface area contributed by atoms with Crippen LogP contribution in [0, 0.1) is 0 Å². The summed E-state index contributed by atoms with van der Waals surface area (Å²) in [6, 6.07) is 7.92. The lowest BCUT2D eigenvalue weighted by Gasteiger charge is -2.18. The number of ether oxygens (including phenoxy) is 1. The fourth-order valence-corrected chi connectivity index (χ4v) is 3.15. The highest BCUT2D eigenvalue weighted by atomic mass is 127. The fraction of sp³-hybridized carbons (Fsp3) is 0.417. The number of para-hydroxylation sites is 1. The van der Waals surface area contributed by atoms with E-state index in [0.717, 1.165) is 22.1 Å². The lowest BCUT2D eigenvalue weighted by Crippen LogP contribution is -2.35. The smallest absolute Gasteiger partial charge is 0.237 e. The van der Waals surface area contributed by atoms with E-state index in [1.807, 2.05) is 24.3 Å². The molecular weight excluding hydrogens is 317 g/mol. The Kier molecular flexibility index (Phi) is 2.43. The average Bonchev–Trinajstić information content (AvgIpc) is 2.85. The van der Waals surface area contributed by atoms with Gasteiger partial charge in [0.25, 0.3) is 0 Å². The standard InChI is InChI=1S/C12H12INO2/c13-6-8-5-12(7-16-8)9-3-1-2-4-10(9)14-11(12)15/h1-4,8H,5-7H2,(H,14,15). The molecule has 2 aliphatic rings. The highest BCUT2D eigenvalue weighted by molar-refractivity contribution is 14.1. The van der Waals surface area contributed by atoms with Crippen LogP contribution in [0.3, 0.4) is 0 Å². The molecule has 3 rings (SSSR count). The van der Waals surface area contributed by atoms with Crippen molar-refractivity contribution >= 4 is 34.2 Å². The maximum Gasteiger partial charge on any atom is 0.237 e. The van der Waals surface area contributed by atoms with Crippen molar-refractivity contribution in [2.45, 2.75) is 17.9 Å². The highest BCUT2D eigenvalue weighted by Gasteiger charge is 2.52. The monoisotopic (exact) mass is 329 g/mol. The maximum atomic E-state index is 12.1. The van der Waals surface area contributed by atoms with Gasteiger partial charge in [-0.25, -0.2) is 0 Å². The Morgan fingerprint density at radius 2 is 2.31 bits per heavy atom. The zero-order valence-corrected chi connectivity index (χ0v) is 10.9. The summed E-state index contributed by atoms with van der Waals surface area (Å²) in [6.45, 7) is 0.517. The van der Waals surface area contributed by atoms with Gasteiger partial charge in [-0.3, -0.25) is 4.79 Å². The van der Waals surface area contributed by atoms with E-state index in [1.54, 1.807) is 0 Å². The number of benzene rings is 1. The van der Waals surface area contributed by atoms with Gasteiger partial charge < -0.3 is 10.1 Å². The Labute approximate surface area is 108 Å². The van der Waals surface area contributed by atoms with E-state index in [0.29, 0.717) is 6.61 Å². The number of rotatable bonds is 1. The molecule has 1 amide bonds. The van der Waals surface area contributed by atoms with E-state index < -0.39 is 5.41 Å². The van der Waals surface area contributed by atoms with Crippen molar-refractivity contribution in [2.24, 2.45) is 0 Å². The number of hydrogen-bond acceptors (Lipinski definition) is 2. The first kappa shape index (κ1) is 10.5. The van der Waals surface area contributed by atoms with Crippen LogP contribution >= 0.6 is 22.6 Å². The van der Waals surface area contributed by atoms with Crippen molar-refractivity contribution in [3.8, 4) is 0 Å². The van der Waals surface area contributed by atoms with Crippen LogP contribution in [-0.4, -0.2) is 23.0 Å². The first-order valence-electron chi connectivity index (χ1n) is 5.35. The van der Waals surface area contributed by atoms with Crippen LogP contribution in [0.5, 0.6) is 0 Å². The van der Waals surface area contributed by atoms with E-state index in [4.69, 9.17) is 4.74 Å². The minimum Gasteiger partial charge on any atom is -0.376 e. The van der Waals surface area contributed by atoms with Gasteiger partial charge in [0.15, 0.2) is 0 Å². The van der Waals surface area contributed by atoms with Crippen LogP contribution < -0.4 is 5.32 Å². The van der Waals surface area contributed by atoms with Gasteiger partial charge in [0, 0.05) is 10.1 Å². The van der Waals surface area contributed by atoms with Gasteiger partial charge in [-0.15, -0.1) is 0 Å². The number of halogens is 1. The van der Waals surface area contributed by atoms with Crippen LogP contribution in [0.15, 0.2) is 24.3 Å². The molecule has 2 heterocycles. The van der Waals surface area contributed by atoms with Crippen LogP contribution in [-0.2, 0) is 14.9 Å². The molecule has 1 aromatic rings. The molecule has 2 atom stereocenters. The van der Waals surface area contributed by atoms with Crippen molar-refractivity contribution in [3.05, 3.63) is 29.8 Å². The molecule has 0 bridgehead atoms. The number of amides is 1. The van der Waals surface area contributed by atoms with Gasteiger partial charge in [-0.2, -0.15) is 0 Å².